The molecular formula is C11H19ClN4O3S. The number of hydrazine groups is 1. The fourth-order valence-corrected chi connectivity index (χ4v) is 3.73. The molecule has 9 heteroatoms. The number of halogens is 1. The highest BCUT2D eigenvalue weighted by atomic mass is 35.5. The number of nitrogens with zero attached hydrogens (tertiary/aromatic N) is 2. The van der Waals surface area contributed by atoms with E-state index in [4.69, 9.17) is 22.2 Å². The van der Waals surface area contributed by atoms with Crippen molar-refractivity contribution in [3.8, 4) is 0 Å². The number of ether oxygens (including phenoxy) is 1. The second-order valence-corrected chi connectivity index (χ2v) is 6.46. The summed E-state index contributed by atoms with van der Waals surface area (Å²) >= 11 is 5.91. The zero-order valence-corrected chi connectivity index (χ0v) is 13.2. The van der Waals surface area contributed by atoms with Gasteiger partial charge in [0.05, 0.1) is 11.6 Å². The molecule has 0 aromatic carbocycles. The summed E-state index contributed by atoms with van der Waals surface area (Å²) in [5.74, 6) is 5.43. The Morgan fingerprint density at radius 1 is 1.60 bits per heavy atom. The Hall–Kier alpha value is -0.930. The molecule has 1 atom stereocenters. The number of hydrogen-bond acceptors (Lipinski definition) is 6. The van der Waals surface area contributed by atoms with Gasteiger partial charge in [0.1, 0.15) is 4.90 Å². The van der Waals surface area contributed by atoms with Crippen molar-refractivity contribution in [3.05, 3.63) is 17.3 Å². The van der Waals surface area contributed by atoms with E-state index in [0.29, 0.717) is 13.2 Å². The molecule has 0 aliphatic carbocycles. The van der Waals surface area contributed by atoms with E-state index in [0.717, 1.165) is 0 Å². The van der Waals surface area contributed by atoms with Gasteiger partial charge in [0.15, 0.2) is 5.82 Å². The van der Waals surface area contributed by atoms with Gasteiger partial charge >= 0.3 is 0 Å². The molecule has 0 aliphatic rings. The Kier molecular flexibility index (Phi) is 6.15. The van der Waals surface area contributed by atoms with Crippen LogP contribution in [0, 0.1) is 0 Å². The molecule has 0 saturated carbocycles. The molecule has 0 fully saturated rings. The van der Waals surface area contributed by atoms with Crippen LogP contribution in [-0.2, 0) is 14.8 Å². The Bertz CT molecular complexity index is 553. The minimum atomic E-state index is -3.68. The van der Waals surface area contributed by atoms with Crippen molar-refractivity contribution < 1.29 is 13.2 Å². The number of nitrogen functional groups attached to an aromatic ring is 1. The summed E-state index contributed by atoms with van der Waals surface area (Å²) in [6, 6.07) is 1.03. The van der Waals surface area contributed by atoms with E-state index in [1.807, 2.05) is 0 Å². The summed E-state index contributed by atoms with van der Waals surface area (Å²) in [6.45, 7) is 4.15. The third kappa shape index (κ3) is 3.58. The summed E-state index contributed by atoms with van der Waals surface area (Å²) in [5.41, 5.74) is 2.29. The van der Waals surface area contributed by atoms with Gasteiger partial charge < -0.3 is 10.2 Å². The first kappa shape index (κ1) is 17.1. The van der Waals surface area contributed by atoms with Gasteiger partial charge in [0, 0.05) is 25.9 Å². The van der Waals surface area contributed by atoms with Crippen LogP contribution >= 0.6 is 11.6 Å². The molecule has 0 aliphatic heterocycles. The summed E-state index contributed by atoms with van der Waals surface area (Å²) < 4.78 is 31.4. The summed E-state index contributed by atoms with van der Waals surface area (Å²) in [6.07, 6.45) is 1.22. The third-order valence-corrected chi connectivity index (χ3v) is 5.11. The second kappa shape index (κ2) is 7.19. The van der Waals surface area contributed by atoms with Crippen LogP contribution in [0.5, 0.6) is 0 Å². The predicted molar refractivity (Wildman–Crippen MR) is 78.0 cm³/mol. The van der Waals surface area contributed by atoms with Gasteiger partial charge in [-0.25, -0.2) is 19.2 Å². The van der Waals surface area contributed by atoms with Crippen molar-refractivity contribution in [1.82, 2.24) is 9.29 Å². The zero-order valence-electron chi connectivity index (χ0n) is 11.6. The molecule has 114 valence electrons. The minimum absolute atomic E-state index is 0.0197. The average Bonchev–Trinajstić information content (AvgIpc) is 2.39. The number of nitrogens with one attached hydrogen (secondary N) is 1. The number of anilines is 1. The molecule has 0 saturated heterocycles. The molecule has 3 N–H and O–H groups in total. The Morgan fingerprint density at radius 2 is 2.25 bits per heavy atom. The molecule has 0 radical (unpaired) electrons. The quantitative estimate of drug-likeness (QED) is 0.575. The molecule has 20 heavy (non-hydrogen) atoms. The van der Waals surface area contributed by atoms with E-state index < -0.39 is 10.0 Å². The topological polar surface area (TPSA) is 97.5 Å². The number of nitrogens with two attached hydrogens (primary N) is 1. The van der Waals surface area contributed by atoms with E-state index in [1.54, 1.807) is 13.8 Å². The van der Waals surface area contributed by atoms with Crippen LogP contribution in [0.15, 0.2) is 17.2 Å². The van der Waals surface area contributed by atoms with Crippen molar-refractivity contribution in [1.29, 1.82) is 0 Å². The molecule has 1 rings (SSSR count). The molecule has 0 amide bonds. The van der Waals surface area contributed by atoms with Crippen LogP contribution in [-0.4, -0.2) is 44.0 Å². The average molecular weight is 323 g/mol. The van der Waals surface area contributed by atoms with E-state index in [1.165, 1.54) is 23.7 Å². The number of hydrogen-bond donors (Lipinski definition) is 2. The normalized spacial score (nSPS) is 13.5. The first-order valence-electron chi connectivity index (χ1n) is 6.01. The van der Waals surface area contributed by atoms with E-state index in [-0.39, 0.29) is 21.8 Å². The van der Waals surface area contributed by atoms with Crippen LogP contribution in [0.2, 0.25) is 5.02 Å². The van der Waals surface area contributed by atoms with Gasteiger partial charge in [-0.05, 0) is 13.0 Å². The van der Waals surface area contributed by atoms with Crippen molar-refractivity contribution in [2.24, 2.45) is 5.84 Å². The van der Waals surface area contributed by atoms with E-state index in [9.17, 15) is 8.42 Å². The summed E-state index contributed by atoms with van der Waals surface area (Å²) in [7, 11) is -2.16. The first-order chi connectivity index (χ1) is 9.38. The number of pyridine rings is 1. The van der Waals surface area contributed by atoms with Gasteiger partial charge in [0.2, 0.25) is 10.0 Å². The van der Waals surface area contributed by atoms with Crippen molar-refractivity contribution in [3.63, 3.8) is 0 Å². The van der Waals surface area contributed by atoms with Crippen molar-refractivity contribution in [2.45, 2.75) is 24.8 Å². The highest BCUT2D eigenvalue weighted by Gasteiger charge is 2.28. The molecule has 1 aromatic heterocycles. The van der Waals surface area contributed by atoms with Crippen LogP contribution in [0.25, 0.3) is 0 Å². The maximum absolute atomic E-state index is 12.6. The number of sulfonamides is 1. The molecule has 1 aromatic rings. The van der Waals surface area contributed by atoms with Gasteiger partial charge in [-0.2, -0.15) is 4.31 Å². The van der Waals surface area contributed by atoms with Gasteiger partial charge in [-0.15, -0.1) is 0 Å². The lowest BCUT2D eigenvalue weighted by atomic mass is 10.4. The third-order valence-electron chi connectivity index (χ3n) is 2.77. The molecule has 1 heterocycles. The van der Waals surface area contributed by atoms with Crippen LogP contribution in [0.1, 0.15) is 13.8 Å². The van der Waals surface area contributed by atoms with Crippen LogP contribution < -0.4 is 11.3 Å². The highest BCUT2D eigenvalue weighted by Crippen LogP contribution is 2.24. The molecular weight excluding hydrogens is 304 g/mol. The number of likely N-dealkylation sites (N-methyl/N-ethyl adjacent to an activating group) is 1. The lowest BCUT2D eigenvalue weighted by Gasteiger charge is -2.26. The maximum Gasteiger partial charge on any atom is 0.244 e. The standard InChI is InChI=1S/C11H19ClN4O3S/c1-4-16(8(2)7-19-3)20(17,18)9-5-10(12)11(15-13)14-6-9/h5-6,8H,4,7,13H2,1-3H3,(H,14,15). The monoisotopic (exact) mass is 322 g/mol. The predicted octanol–water partition coefficient (Wildman–Crippen LogP) is 1.07. The largest absolute Gasteiger partial charge is 0.383 e. The minimum Gasteiger partial charge on any atom is -0.383 e. The van der Waals surface area contributed by atoms with E-state index >= 15 is 0 Å². The fraction of sp³-hybridized carbons (Fsp3) is 0.545. The summed E-state index contributed by atoms with van der Waals surface area (Å²) in [5, 5.41) is 0.143. The first-order valence-corrected chi connectivity index (χ1v) is 7.83. The Balaban J connectivity index is 3.17. The van der Waals surface area contributed by atoms with Gasteiger partial charge in [-0.3, -0.25) is 0 Å². The lowest BCUT2D eigenvalue weighted by Crippen LogP contribution is -2.40. The van der Waals surface area contributed by atoms with Crippen LogP contribution in [0.3, 0.4) is 0 Å². The maximum atomic E-state index is 12.6. The molecule has 1 unspecified atom stereocenters. The number of rotatable bonds is 7. The number of aromatic nitrogens is 1. The summed E-state index contributed by atoms with van der Waals surface area (Å²) in [4.78, 5) is 3.90. The van der Waals surface area contributed by atoms with Gasteiger partial charge in [0.25, 0.3) is 0 Å². The van der Waals surface area contributed by atoms with Crippen LogP contribution in [0.4, 0.5) is 5.82 Å². The molecule has 7 nitrogen and oxygen atoms in total. The van der Waals surface area contributed by atoms with Crippen molar-refractivity contribution >= 4 is 27.4 Å². The zero-order chi connectivity index (χ0) is 15.3. The second-order valence-electron chi connectivity index (χ2n) is 4.16. The SMILES string of the molecule is CCN(C(C)COC)S(=O)(=O)c1cnc(NN)c(Cl)c1. The highest BCUT2D eigenvalue weighted by molar-refractivity contribution is 7.89. The smallest absolute Gasteiger partial charge is 0.244 e. The van der Waals surface area contributed by atoms with E-state index in [2.05, 4.69) is 10.4 Å². The lowest BCUT2D eigenvalue weighted by molar-refractivity contribution is 0.142. The van der Waals surface area contributed by atoms with Crippen molar-refractivity contribution in [2.75, 3.05) is 25.7 Å². The number of methoxy groups -OCH3 is 1. The molecule has 0 bridgehead atoms. The fourth-order valence-electron chi connectivity index (χ4n) is 1.85. The Morgan fingerprint density at radius 3 is 2.70 bits per heavy atom. The Labute approximate surface area is 124 Å². The van der Waals surface area contributed by atoms with Gasteiger partial charge in [-0.1, -0.05) is 18.5 Å². The molecule has 0 spiro atoms.